The zero-order valence-electron chi connectivity index (χ0n) is 10.1. The number of aromatic amines is 1. The van der Waals surface area contributed by atoms with Crippen molar-refractivity contribution in [3.63, 3.8) is 0 Å². The molecular formula is C15H12BrFN2. The lowest BCUT2D eigenvalue weighted by atomic mass is 10.2. The minimum atomic E-state index is -0.232. The lowest BCUT2D eigenvalue weighted by Gasteiger charge is -2.08. The molecule has 19 heavy (non-hydrogen) atoms. The number of fused-ring (bicyclic) bond motifs is 1. The molecule has 3 rings (SSSR count). The van der Waals surface area contributed by atoms with E-state index in [1.165, 1.54) is 17.5 Å². The van der Waals surface area contributed by atoms with E-state index in [-0.39, 0.29) is 5.82 Å². The van der Waals surface area contributed by atoms with Crippen molar-refractivity contribution in [2.45, 2.75) is 6.54 Å². The average Bonchev–Trinajstić information content (AvgIpc) is 2.85. The molecule has 2 N–H and O–H groups in total. The van der Waals surface area contributed by atoms with Crippen molar-refractivity contribution >= 4 is 32.5 Å². The van der Waals surface area contributed by atoms with Gasteiger partial charge in [-0.2, -0.15) is 0 Å². The van der Waals surface area contributed by atoms with Crippen molar-refractivity contribution in [1.82, 2.24) is 4.98 Å². The van der Waals surface area contributed by atoms with Crippen LogP contribution in [0, 0.1) is 5.82 Å². The highest BCUT2D eigenvalue weighted by Gasteiger charge is 2.02. The molecule has 0 saturated carbocycles. The van der Waals surface area contributed by atoms with Crippen LogP contribution in [-0.2, 0) is 6.54 Å². The van der Waals surface area contributed by atoms with Crippen LogP contribution in [0.2, 0.25) is 0 Å². The Morgan fingerprint density at radius 1 is 1.11 bits per heavy atom. The molecule has 0 radical (unpaired) electrons. The Labute approximate surface area is 118 Å². The van der Waals surface area contributed by atoms with Crippen molar-refractivity contribution < 1.29 is 4.39 Å². The molecule has 96 valence electrons. The van der Waals surface area contributed by atoms with E-state index in [0.717, 1.165) is 21.2 Å². The zero-order chi connectivity index (χ0) is 13.2. The van der Waals surface area contributed by atoms with E-state index in [1.807, 2.05) is 24.4 Å². The number of nitrogens with one attached hydrogen (secondary N) is 2. The first-order valence-corrected chi connectivity index (χ1v) is 6.76. The minimum Gasteiger partial charge on any atom is -0.381 e. The largest absolute Gasteiger partial charge is 0.381 e. The molecule has 0 fully saturated rings. The Morgan fingerprint density at radius 2 is 2.00 bits per heavy atom. The second-order valence-electron chi connectivity index (χ2n) is 4.37. The Hall–Kier alpha value is -1.81. The van der Waals surface area contributed by atoms with Crippen LogP contribution in [0.4, 0.5) is 10.1 Å². The van der Waals surface area contributed by atoms with Crippen LogP contribution >= 0.6 is 15.9 Å². The van der Waals surface area contributed by atoms with E-state index in [2.05, 4.69) is 32.3 Å². The molecule has 0 aliphatic heterocycles. The number of H-pyrrole nitrogens is 1. The summed E-state index contributed by atoms with van der Waals surface area (Å²) in [6, 6.07) is 12.9. The van der Waals surface area contributed by atoms with Gasteiger partial charge in [-0.3, -0.25) is 0 Å². The molecule has 3 aromatic rings. The van der Waals surface area contributed by atoms with E-state index in [0.29, 0.717) is 6.54 Å². The molecule has 0 saturated heterocycles. The fourth-order valence-corrected chi connectivity index (χ4v) is 2.52. The summed E-state index contributed by atoms with van der Waals surface area (Å²) in [5.74, 6) is -0.232. The molecule has 2 aromatic carbocycles. The van der Waals surface area contributed by atoms with E-state index >= 15 is 0 Å². The molecule has 0 unspecified atom stereocenters. The summed E-state index contributed by atoms with van der Waals surface area (Å²) >= 11 is 3.37. The van der Waals surface area contributed by atoms with E-state index in [9.17, 15) is 4.39 Å². The van der Waals surface area contributed by atoms with Gasteiger partial charge in [-0.1, -0.05) is 22.0 Å². The van der Waals surface area contributed by atoms with Gasteiger partial charge in [0.05, 0.1) is 0 Å². The second kappa shape index (κ2) is 5.05. The summed E-state index contributed by atoms with van der Waals surface area (Å²) < 4.78 is 13.8. The highest BCUT2D eigenvalue weighted by atomic mass is 79.9. The highest BCUT2D eigenvalue weighted by molar-refractivity contribution is 9.10. The Kier molecular flexibility index (Phi) is 3.25. The summed E-state index contributed by atoms with van der Waals surface area (Å²) in [6.45, 7) is 0.650. The van der Waals surface area contributed by atoms with Gasteiger partial charge in [0.25, 0.3) is 0 Å². The standard InChI is InChI=1S/C15H12BrFN2/c16-14-8-12(17)2-1-11(14)9-19-13-3-4-15-10(7-13)5-6-18-15/h1-8,18-19H,9H2. The summed E-state index contributed by atoms with van der Waals surface area (Å²) in [5, 5.41) is 4.51. The van der Waals surface area contributed by atoms with Crippen LogP contribution in [0.5, 0.6) is 0 Å². The Balaban J connectivity index is 1.77. The van der Waals surface area contributed by atoms with Crippen molar-refractivity contribution in [2.24, 2.45) is 0 Å². The van der Waals surface area contributed by atoms with Gasteiger partial charge in [0, 0.05) is 33.8 Å². The number of rotatable bonds is 3. The average molecular weight is 319 g/mol. The number of benzene rings is 2. The smallest absolute Gasteiger partial charge is 0.124 e. The normalized spacial score (nSPS) is 10.8. The zero-order valence-corrected chi connectivity index (χ0v) is 11.7. The predicted molar refractivity (Wildman–Crippen MR) is 79.7 cm³/mol. The van der Waals surface area contributed by atoms with Gasteiger partial charge in [-0.15, -0.1) is 0 Å². The first-order valence-electron chi connectivity index (χ1n) is 5.97. The molecule has 1 aromatic heterocycles. The van der Waals surface area contributed by atoms with Gasteiger partial charge in [0.2, 0.25) is 0 Å². The molecule has 0 spiro atoms. The summed E-state index contributed by atoms with van der Waals surface area (Å²) in [4.78, 5) is 3.16. The number of aromatic nitrogens is 1. The SMILES string of the molecule is Fc1ccc(CNc2ccc3[nH]ccc3c2)c(Br)c1. The van der Waals surface area contributed by atoms with Gasteiger partial charge in [0.1, 0.15) is 5.82 Å². The van der Waals surface area contributed by atoms with Gasteiger partial charge in [0.15, 0.2) is 0 Å². The van der Waals surface area contributed by atoms with Gasteiger partial charge in [-0.25, -0.2) is 4.39 Å². The van der Waals surface area contributed by atoms with Crippen LogP contribution in [0.25, 0.3) is 10.9 Å². The lowest BCUT2D eigenvalue weighted by Crippen LogP contribution is -2.00. The number of hydrogen-bond donors (Lipinski definition) is 2. The molecule has 0 aliphatic carbocycles. The van der Waals surface area contributed by atoms with Crippen LogP contribution in [0.15, 0.2) is 53.1 Å². The fourth-order valence-electron chi connectivity index (χ4n) is 2.03. The van der Waals surface area contributed by atoms with Crippen molar-refractivity contribution in [2.75, 3.05) is 5.32 Å². The highest BCUT2D eigenvalue weighted by Crippen LogP contribution is 2.21. The maximum atomic E-state index is 13.0. The number of halogens is 2. The maximum absolute atomic E-state index is 13.0. The topological polar surface area (TPSA) is 27.8 Å². The molecule has 2 nitrogen and oxygen atoms in total. The van der Waals surface area contributed by atoms with Gasteiger partial charge >= 0.3 is 0 Å². The summed E-state index contributed by atoms with van der Waals surface area (Å²) in [5.41, 5.74) is 3.19. The van der Waals surface area contributed by atoms with Crippen LogP contribution < -0.4 is 5.32 Å². The van der Waals surface area contributed by atoms with Crippen molar-refractivity contribution in [1.29, 1.82) is 0 Å². The Morgan fingerprint density at radius 3 is 2.84 bits per heavy atom. The first kappa shape index (κ1) is 12.2. The molecule has 4 heteroatoms. The van der Waals surface area contributed by atoms with E-state index in [4.69, 9.17) is 0 Å². The summed E-state index contributed by atoms with van der Waals surface area (Å²) in [7, 11) is 0. The lowest BCUT2D eigenvalue weighted by molar-refractivity contribution is 0.626. The maximum Gasteiger partial charge on any atom is 0.124 e. The van der Waals surface area contributed by atoms with Crippen LogP contribution in [-0.4, -0.2) is 4.98 Å². The third kappa shape index (κ3) is 2.63. The van der Waals surface area contributed by atoms with E-state index in [1.54, 1.807) is 6.07 Å². The number of hydrogen-bond acceptors (Lipinski definition) is 1. The van der Waals surface area contributed by atoms with Gasteiger partial charge < -0.3 is 10.3 Å². The van der Waals surface area contributed by atoms with Crippen molar-refractivity contribution in [3.8, 4) is 0 Å². The van der Waals surface area contributed by atoms with Crippen molar-refractivity contribution in [3.05, 3.63) is 64.5 Å². The third-order valence-electron chi connectivity index (χ3n) is 3.05. The second-order valence-corrected chi connectivity index (χ2v) is 5.22. The van der Waals surface area contributed by atoms with Crippen LogP contribution in [0.3, 0.4) is 0 Å². The summed E-state index contributed by atoms with van der Waals surface area (Å²) in [6.07, 6.45) is 1.92. The predicted octanol–water partition coefficient (Wildman–Crippen LogP) is 4.68. The quantitative estimate of drug-likeness (QED) is 0.721. The molecule has 0 bridgehead atoms. The monoisotopic (exact) mass is 318 g/mol. The molecule has 0 atom stereocenters. The molecule has 0 amide bonds. The van der Waals surface area contributed by atoms with Gasteiger partial charge in [-0.05, 0) is 42.0 Å². The van der Waals surface area contributed by atoms with Crippen LogP contribution in [0.1, 0.15) is 5.56 Å². The Bertz CT molecular complexity index is 721. The molecule has 1 heterocycles. The van der Waals surface area contributed by atoms with E-state index < -0.39 is 0 Å². The number of anilines is 1. The fraction of sp³-hybridized carbons (Fsp3) is 0.0667. The molecular weight excluding hydrogens is 307 g/mol. The first-order chi connectivity index (χ1) is 9.22. The minimum absolute atomic E-state index is 0.232. The molecule has 0 aliphatic rings. The third-order valence-corrected chi connectivity index (χ3v) is 3.79.